The number of anilines is 1. The quantitative estimate of drug-likeness (QED) is 0.926. The van der Waals surface area contributed by atoms with Crippen molar-refractivity contribution in [3.05, 3.63) is 44.6 Å². The fourth-order valence-corrected chi connectivity index (χ4v) is 3.67. The molecule has 0 aliphatic carbocycles. The number of nitrogens with zero attached hydrogens (tertiary/aromatic N) is 3. The van der Waals surface area contributed by atoms with Gasteiger partial charge in [-0.2, -0.15) is 0 Å². The molecule has 2 aromatic heterocycles. The van der Waals surface area contributed by atoms with Crippen LogP contribution in [0, 0.1) is 6.92 Å². The molecule has 1 aliphatic heterocycles. The maximum atomic E-state index is 12.4. The van der Waals surface area contributed by atoms with Crippen LogP contribution in [0.2, 0.25) is 0 Å². The molecule has 1 saturated heterocycles. The number of aromatic nitrogens is 2. The largest absolute Gasteiger partial charge is 0.350 e. The minimum absolute atomic E-state index is 0.0294. The van der Waals surface area contributed by atoms with Crippen LogP contribution in [0.5, 0.6) is 0 Å². The fourth-order valence-electron chi connectivity index (χ4n) is 2.85. The Labute approximate surface area is 138 Å². The van der Waals surface area contributed by atoms with Gasteiger partial charge in [-0.15, -0.1) is 11.3 Å². The molecule has 3 rings (SSSR count). The molecule has 1 N–H and O–H groups in total. The van der Waals surface area contributed by atoms with Crippen LogP contribution in [0.1, 0.15) is 28.1 Å². The van der Waals surface area contributed by atoms with Crippen molar-refractivity contribution < 1.29 is 4.79 Å². The smallest absolute Gasteiger partial charge is 0.293 e. The zero-order valence-electron chi connectivity index (χ0n) is 13.3. The molecule has 122 valence electrons. The Kier molecular flexibility index (Phi) is 4.47. The van der Waals surface area contributed by atoms with Gasteiger partial charge in [0.2, 0.25) is 0 Å². The zero-order chi connectivity index (χ0) is 16.4. The van der Waals surface area contributed by atoms with E-state index in [9.17, 15) is 9.59 Å². The Morgan fingerprint density at radius 3 is 3.04 bits per heavy atom. The van der Waals surface area contributed by atoms with Gasteiger partial charge >= 0.3 is 0 Å². The molecule has 23 heavy (non-hydrogen) atoms. The molecule has 1 atom stereocenters. The standard InChI is InChI=1S/C16H20N4O2S/c1-11-5-9-23-13(11)15(21)18-12-4-3-7-20(10-12)14-16(22)19(2)8-6-17-14/h5-6,8-9,12H,3-4,7,10H2,1-2H3,(H,18,21). The number of carbonyl (C=O) groups excluding carboxylic acids is 1. The second-order valence-corrected chi connectivity index (χ2v) is 6.77. The monoisotopic (exact) mass is 332 g/mol. The van der Waals surface area contributed by atoms with Gasteiger partial charge in [-0.25, -0.2) is 4.98 Å². The Bertz CT molecular complexity index is 767. The number of rotatable bonds is 3. The molecule has 1 amide bonds. The van der Waals surface area contributed by atoms with Crippen LogP contribution in [0.15, 0.2) is 28.6 Å². The van der Waals surface area contributed by atoms with Crippen LogP contribution in [0.25, 0.3) is 0 Å². The molecule has 6 nitrogen and oxygen atoms in total. The van der Waals surface area contributed by atoms with E-state index in [4.69, 9.17) is 0 Å². The number of thiophene rings is 1. The molecule has 0 saturated carbocycles. The number of amides is 1. The van der Waals surface area contributed by atoms with Crippen LogP contribution < -0.4 is 15.8 Å². The van der Waals surface area contributed by atoms with Crippen molar-refractivity contribution in [1.29, 1.82) is 0 Å². The maximum Gasteiger partial charge on any atom is 0.293 e. The first-order valence-corrected chi connectivity index (χ1v) is 8.56. The Hall–Kier alpha value is -2.15. The first-order valence-electron chi connectivity index (χ1n) is 7.68. The first kappa shape index (κ1) is 15.7. The lowest BCUT2D eigenvalue weighted by molar-refractivity contribution is 0.0936. The first-order chi connectivity index (χ1) is 11.1. The Morgan fingerprint density at radius 1 is 1.48 bits per heavy atom. The molecule has 0 bridgehead atoms. The van der Waals surface area contributed by atoms with Crippen LogP contribution in [0.3, 0.4) is 0 Å². The van der Waals surface area contributed by atoms with E-state index >= 15 is 0 Å². The molecule has 7 heteroatoms. The second kappa shape index (κ2) is 6.54. The van der Waals surface area contributed by atoms with E-state index in [0.717, 1.165) is 29.8 Å². The van der Waals surface area contributed by atoms with Crippen molar-refractivity contribution in [1.82, 2.24) is 14.9 Å². The minimum Gasteiger partial charge on any atom is -0.350 e. The molecular formula is C16H20N4O2S. The predicted molar refractivity (Wildman–Crippen MR) is 91.2 cm³/mol. The van der Waals surface area contributed by atoms with Gasteiger partial charge in [-0.3, -0.25) is 9.59 Å². The summed E-state index contributed by atoms with van der Waals surface area (Å²) in [6.07, 6.45) is 5.12. The average Bonchev–Trinajstić information content (AvgIpc) is 2.96. The number of nitrogens with one attached hydrogen (secondary N) is 1. The van der Waals surface area contributed by atoms with Gasteiger partial charge in [0.1, 0.15) is 0 Å². The van der Waals surface area contributed by atoms with Gasteiger partial charge in [0.05, 0.1) is 4.88 Å². The summed E-state index contributed by atoms with van der Waals surface area (Å²) in [6, 6.07) is 1.98. The van der Waals surface area contributed by atoms with Crippen molar-refractivity contribution >= 4 is 23.1 Å². The van der Waals surface area contributed by atoms with E-state index in [1.54, 1.807) is 19.4 Å². The van der Waals surface area contributed by atoms with Crippen LogP contribution >= 0.6 is 11.3 Å². The third-order valence-corrected chi connectivity index (χ3v) is 5.14. The molecule has 1 unspecified atom stereocenters. The summed E-state index contributed by atoms with van der Waals surface area (Å²) < 4.78 is 1.53. The van der Waals surface area contributed by atoms with Gasteiger partial charge in [-0.05, 0) is 36.8 Å². The van der Waals surface area contributed by atoms with Crippen molar-refractivity contribution in [2.75, 3.05) is 18.0 Å². The Morgan fingerprint density at radius 2 is 2.30 bits per heavy atom. The van der Waals surface area contributed by atoms with Crippen LogP contribution in [-0.4, -0.2) is 34.6 Å². The fraction of sp³-hybridized carbons (Fsp3) is 0.438. The van der Waals surface area contributed by atoms with E-state index in [2.05, 4.69) is 10.3 Å². The summed E-state index contributed by atoms with van der Waals surface area (Å²) in [5, 5.41) is 5.01. The molecule has 2 aromatic rings. The highest BCUT2D eigenvalue weighted by atomic mass is 32.1. The van der Waals surface area contributed by atoms with Crippen molar-refractivity contribution in [2.24, 2.45) is 7.05 Å². The zero-order valence-corrected chi connectivity index (χ0v) is 14.1. The molecule has 0 spiro atoms. The van der Waals surface area contributed by atoms with Gasteiger partial charge in [0.25, 0.3) is 11.5 Å². The second-order valence-electron chi connectivity index (χ2n) is 5.86. The summed E-state index contributed by atoms with van der Waals surface area (Å²) in [4.78, 5) is 31.5. The van der Waals surface area contributed by atoms with E-state index in [1.807, 2.05) is 23.3 Å². The van der Waals surface area contributed by atoms with E-state index in [0.29, 0.717) is 12.4 Å². The molecule has 0 radical (unpaired) electrons. The number of carbonyl (C=O) groups is 1. The normalized spacial score (nSPS) is 18.0. The average molecular weight is 332 g/mol. The van der Waals surface area contributed by atoms with Gasteiger partial charge in [-0.1, -0.05) is 0 Å². The van der Waals surface area contributed by atoms with Gasteiger partial charge in [0, 0.05) is 38.6 Å². The lowest BCUT2D eigenvalue weighted by atomic mass is 10.1. The van der Waals surface area contributed by atoms with E-state index < -0.39 is 0 Å². The summed E-state index contributed by atoms with van der Waals surface area (Å²) in [7, 11) is 1.72. The predicted octanol–water partition coefficient (Wildman–Crippen LogP) is 1.55. The van der Waals surface area contributed by atoms with E-state index in [1.165, 1.54) is 15.9 Å². The number of aryl methyl sites for hydroxylation is 2. The summed E-state index contributed by atoms with van der Waals surface area (Å²) in [5.74, 6) is 0.430. The highest BCUT2D eigenvalue weighted by Crippen LogP contribution is 2.18. The van der Waals surface area contributed by atoms with Crippen molar-refractivity contribution in [3.8, 4) is 0 Å². The molecule has 1 aliphatic rings. The molecule has 1 fully saturated rings. The highest BCUT2D eigenvalue weighted by molar-refractivity contribution is 7.12. The summed E-state index contributed by atoms with van der Waals surface area (Å²) >= 11 is 1.46. The van der Waals surface area contributed by atoms with Crippen molar-refractivity contribution in [2.45, 2.75) is 25.8 Å². The number of hydrogen-bond acceptors (Lipinski definition) is 5. The van der Waals surface area contributed by atoms with Gasteiger partial charge < -0.3 is 14.8 Å². The third-order valence-electron chi connectivity index (χ3n) is 4.12. The summed E-state index contributed by atoms with van der Waals surface area (Å²) in [6.45, 7) is 3.34. The summed E-state index contributed by atoms with van der Waals surface area (Å²) in [5.41, 5.74) is 0.896. The van der Waals surface area contributed by atoms with Gasteiger partial charge in [0.15, 0.2) is 5.82 Å². The van der Waals surface area contributed by atoms with Crippen LogP contribution in [0.4, 0.5) is 5.82 Å². The highest BCUT2D eigenvalue weighted by Gasteiger charge is 2.25. The lowest BCUT2D eigenvalue weighted by Crippen LogP contribution is -2.49. The third kappa shape index (κ3) is 3.29. The number of hydrogen-bond donors (Lipinski definition) is 1. The minimum atomic E-state index is -0.103. The Balaban J connectivity index is 1.71. The SMILES string of the molecule is Cc1ccsc1C(=O)NC1CCCN(c2nccn(C)c2=O)C1. The lowest BCUT2D eigenvalue weighted by Gasteiger charge is -2.33. The van der Waals surface area contributed by atoms with Crippen molar-refractivity contribution in [3.63, 3.8) is 0 Å². The molecular weight excluding hydrogens is 312 g/mol. The topological polar surface area (TPSA) is 67.2 Å². The molecule has 3 heterocycles. The van der Waals surface area contributed by atoms with E-state index in [-0.39, 0.29) is 17.5 Å². The molecule has 0 aromatic carbocycles. The van der Waals surface area contributed by atoms with Crippen LogP contribution in [-0.2, 0) is 7.05 Å². The maximum absolute atomic E-state index is 12.4. The number of piperidine rings is 1.